The van der Waals surface area contributed by atoms with Crippen molar-refractivity contribution in [1.82, 2.24) is 0 Å². The lowest BCUT2D eigenvalue weighted by Crippen LogP contribution is -2.26. The van der Waals surface area contributed by atoms with E-state index in [4.69, 9.17) is 4.74 Å². The fourth-order valence-electron chi connectivity index (χ4n) is 2.92. The fourth-order valence-corrected chi connectivity index (χ4v) is 2.92. The molecule has 0 bridgehead atoms. The van der Waals surface area contributed by atoms with Gasteiger partial charge in [-0.05, 0) is 51.7 Å². The van der Waals surface area contributed by atoms with Gasteiger partial charge >= 0.3 is 5.97 Å². The maximum absolute atomic E-state index is 11.6. The molecule has 0 saturated carbocycles. The van der Waals surface area contributed by atoms with Gasteiger partial charge in [0.15, 0.2) is 0 Å². The van der Waals surface area contributed by atoms with E-state index in [2.05, 4.69) is 6.58 Å². The molecule has 4 nitrogen and oxygen atoms in total. The average molecular weight is 360 g/mol. The monoisotopic (exact) mass is 360 g/mol. The first-order valence-corrected chi connectivity index (χ1v) is 9.02. The summed E-state index contributed by atoms with van der Waals surface area (Å²) in [6.45, 7) is 13.0. The number of ether oxygens (including phenoxy) is 1. The summed E-state index contributed by atoms with van der Waals surface area (Å²) in [4.78, 5) is 11.6. The van der Waals surface area contributed by atoms with E-state index in [-0.39, 0.29) is 5.97 Å². The van der Waals surface area contributed by atoms with Crippen molar-refractivity contribution in [2.75, 3.05) is 0 Å². The van der Waals surface area contributed by atoms with Gasteiger partial charge in [-0.25, -0.2) is 0 Å². The van der Waals surface area contributed by atoms with E-state index in [0.717, 1.165) is 35.1 Å². The summed E-state index contributed by atoms with van der Waals surface area (Å²) in [6.07, 6.45) is 7.21. The molecule has 0 spiro atoms. The number of hydrogen-bond donors (Lipinski definition) is 2. The van der Waals surface area contributed by atoms with Crippen molar-refractivity contribution in [3.63, 3.8) is 0 Å². The van der Waals surface area contributed by atoms with Crippen molar-refractivity contribution < 1.29 is 19.7 Å². The van der Waals surface area contributed by atoms with Crippen LogP contribution >= 0.6 is 0 Å². The number of carbonyl (C=O) groups excluding carboxylic acids is 1. The first-order chi connectivity index (χ1) is 12.1. The number of esters is 1. The summed E-state index contributed by atoms with van der Waals surface area (Å²) in [7, 11) is 0. The van der Waals surface area contributed by atoms with Crippen LogP contribution in [0.25, 0.3) is 0 Å². The first kappa shape index (κ1) is 22.1. The van der Waals surface area contributed by atoms with Crippen molar-refractivity contribution in [3.8, 4) is 0 Å². The molecule has 3 atom stereocenters. The second-order valence-corrected chi connectivity index (χ2v) is 7.15. The lowest BCUT2D eigenvalue weighted by atomic mass is 9.94. The first-order valence-electron chi connectivity index (χ1n) is 9.02. The van der Waals surface area contributed by atoms with Gasteiger partial charge < -0.3 is 14.9 Å². The van der Waals surface area contributed by atoms with Gasteiger partial charge in [-0.15, -0.1) is 0 Å². The molecule has 144 valence electrons. The van der Waals surface area contributed by atoms with Gasteiger partial charge in [-0.2, -0.15) is 0 Å². The lowest BCUT2D eigenvalue weighted by Gasteiger charge is -2.22. The van der Waals surface area contributed by atoms with Crippen molar-refractivity contribution in [3.05, 3.63) is 58.7 Å². The van der Waals surface area contributed by atoms with Crippen LogP contribution in [0.2, 0.25) is 0 Å². The smallest absolute Gasteiger partial charge is 0.303 e. The summed E-state index contributed by atoms with van der Waals surface area (Å²) >= 11 is 0. The molecule has 2 N–H and O–H groups in total. The molecule has 0 aromatic carbocycles. The highest BCUT2D eigenvalue weighted by Crippen LogP contribution is 2.24. The molecule has 0 radical (unpaired) electrons. The zero-order valence-electron chi connectivity index (χ0n) is 16.6. The van der Waals surface area contributed by atoms with E-state index in [1.807, 2.05) is 45.9 Å². The molecular weight excluding hydrogens is 328 g/mol. The highest BCUT2D eigenvalue weighted by atomic mass is 16.5. The van der Waals surface area contributed by atoms with Gasteiger partial charge in [0.1, 0.15) is 18.3 Å². The standard InChI is InChI=1S/C22H32O4/c1-14(2)19-11-10-15(3)8-7-9-17(5)22(25)20(24)12-16(4)13-21(19)26-18(6)23/h9-12,20-22,24-25H,1,7-8,13H2,2-6H3. The summed E-state index contributed by atoms with van der Waals surface area (Å²) in [6, 6.07) is 0. The topological polar surface area (TPSA) is 66.8 Å². The second kappa shape index (κ2) is 10.3. The van der Waals surface area contributed by atoms with E-state index in [1.54, 1.807) is 6.08 Å². The third-order valence-corrected chi connectivity index (χ3v) is 4.45. The second-order valence-electron chi connectivity index (χ2n) is 7.15. The highest BCUT2D eigenvalue weighted by molar-refractivity contribution is 5.66. The predicted octanol–water partition coefficient (Wildman–Crippen LogP) is 4.17. The van der Waals surface area contributed by atoms with Crippen molar-refractivity contribution >= 4 is 5.97 Å². The van der Waals surface area contributed by atoms with Gasteiger partial charge in [0.2, 0.25) is 0 Å². The van der Waals surface area contributed by atoms with Gasteiger partial charge in [0.05, 0.1) is 0 Å². The van der Waals surface area contributed by atoms with E-state index < -0.39 is 18.3 Å². The van der Waals surface area contributed by atoms with E-state index in [1.165, 1.54) is 12.5 Å². The van der Waals surface area contributed by atoms with Crippen LogP contribution in [0.3, 0.4) is 0 Å². The predicted molar refractivity (Wildman–Crippen MR) is 106 cm³/mol. The molecular formula is C22H32O4. The Morgan fingerprint density at radius 2 is 1.81 bits per heavy atom. The van der Waals surface area contributed by atoms with Crippen molar-refractivity contribution in [1.29, 1.82) is 0 Å². The number of aliphatic hydroxyl groups excluding tert-OH is 2. The maximum atomic E-state index is 11.6. The Kier molecular flexibility index (Phi) is 8.76. The minimum atomic E-state index is -0.999. The molecule has 1 rings (SSSR count). The third kappa shape index (κ3) is 7.14. The number of aliphatic hydroxyl groups is 2. The molecule has 0 aliphatic heterocycles. The molecule has 0 heterocycles. The molecule has 0 fully saturated rings. The number of carbonyl (C=O) groups is 1. The van der Waals surface area contributed by atoms with E-state index in [0.29, 0.717) is 6.42 Å². The lowest BCUT2D eigenvalue weighted by molar-refractivity contribution is -0.144. The Hall–Kier alpha value is -1.91. The van der Waals surface area contributed by atoms with Gasteiger partial charge in [0.25, 0.3) is 0 Å². The van der Waals surface area contributed by atoms with Crippen LogP contribution < -0.4 is 0 Å². The number of allylic oxidation sites excluding steroid dienone is 4. The molecule has 0 aromatic rings. The largest absolute Gasteiger partial charge is 0.457 e. The van der Waals surface area contributed by atoms with Gasteiger partial charge in [-0.1, -0.05) is 47.6 Å². The van der Waals surface area contributed by atoms with Gasteiger partial charge in [0, 0.05) is 13.3 Å². The van der Waals surface area contributed by atoms with Crippen molar-refractivity contribution in [2.24, 2.45) is 0 Å². The Morgan fingerprint density at radius 1 is 1.15 bits per heavy atom. The maximum Gasteiger partial charge on any atom is 0.303 e. The minimum Gasteiger partial charge on any atom is -0.457 e. The van der Waals surface area contributed by atoms with Crippen LogP contribution in [0.4, 0.5) is 0 Å². The normalized spacial score (nSPS) is 25.9. The Morgan fingerprint density at radius 3 is 2.38 bits per heavy atom. The fraction of sp³-hybridized carbons (Fsp3) is 0.500. The Balaban J connectivity index is 3.35. The molecule has 0 aromatic heterocycles. The minimum absolute atomic E-state index is 0.365. The average Bonchev–Trinajstić information content (AvgIpc) is 2.52. The molecule has 1 aliphatic carbocycles. The summed E-state index contributed by atoms with van der Waals surface area (Å²) < 4.78 is 5.52. The van der Waals surface area contributed by atoms with Crippen LogP contribution in [0, 0.1) is 0 Å². The van der Waals surface area contributed by atoms with Crippen LogP contribution in [0.5, 0.6) is 0 Å². The Labute approximate surface area is 157 Å². The molecule has 3 unspecified atom stereocenters. The molecule has 4 heteroatoms. The molecule has 1 aliphatic rings. The third-order valence-electron chi connectivity index (χ3n) is 4.45. The SMILES string of the molecule is C=C(C)C1=CC=C(C)CCC=C(C)C(O)C(O)C=C(C)CC1OC(C)=O. The van der Waals surface area contributed by atoms with Crippen LogP contribution in [-0.4, -0.2) is 34.5 Å². The number of rotatable bonds is 2. The van der Waals surface area contributed by atoms with Crippen molar-refractivity contribution in [2.45, 2.75) is 72.2 Å². The zero-order valence-corrected chi connectivity index (χ0v) is 16.6. The summed E-state index contributed by atoms with van der Waals surface area (Å²) in [5.74, 6) is -0.365. The molecule has 26 heavy (non-hydrogen) atoms. The summed E-state index contributed by atoms with van der Waals surface area (Å²) in [5.41, 5.74) is 4.44. The van der Waals surface area contributed by atoms with E-state index in [9.17, 15) is 15.0 Å². The molecule has 0 amide bonds. The van der Waals surface area contributed by atoms with E-state index >= 15 is 0 Å². The van der Waals surface area contributed by atoms with Crippen LogP contribution in [0.1, 0.15) is 53.9 Å². The zero-order chi connectivity index (χ0) is 19.9. The van der Waals surface area contributed by atoms with Gasteiger partial charge in [-0.3, -0.25) is 4.79 Å². The number of hydrogen-bond acceptors (Lipinski definition) is 4. The Bertz CT molecular complexity index is 649. The quantitative estimate of drug-likeness (QED) is 0.573. The van der Waals surface area contributed by atoms with Crippen LogP contribution in [-0.2, 0) is 9.53 Å². The highest BCUT2D eigenvalue weighted by Gasteiger charge is 2.21. The summed E-state index contributed by atoms with van der Waals surface area (Å²) in [5, 5.41) is 20.6. The molecule has 0 saturated heterocycles. The van der Waals surface area contributed by atoms with Crippen LogP contribution in [0.15, 0.2) is 58.7 Å².